The van der Waals surface area contributed by atoms with Crippen molar-refractivity contribution in [3.05, 3.63) is 11.7 Å². The van der Waals surface area contributed by atoms with Gasteiger partial charge >= 0.3 is 0 Å². The molecule has 0 aromatic carbocycles. The predicted octanol–water partition coefficient (Wildman–Crippen LogP) is 3.12. The van der Waals surface area contributed by atoms with Crippen LogP contribution in [0.4, 0.5) is 0 Å². The maximum absolute atomic E-state index is 12.6. The molecule has 6 nitrogen and oxygen atoms in total. The molecule has 1 unspecified atom stereocenters. The van der Waals surface area contributed by atoms with Crippen molar-refractivity contribution in [2.75, 3.05) is 26.2 Å². The first kappa shape index (κ1) is 17.0. The van der Waals surface area contributed by atoms with Gasteiger partial charge in [-0.05, 0) is 44.9 Å². The fourth-order valence-electron chi connectivity index (χ4n) is 4.25. The third-order valence-electron chi connectivity index (χ3n) is 6.13. The van der Waals surface area contributed by atoms with Crippen molar-refractivity contribution in [1.82, 2.24) is 19.9 Å². The number of amides is 1. The van der Waals surface area contributed by atoms with E-state index in [0.29, 0.717) is 17.7 Å². The number of hydrogen-bond acceptors (Lipinski definition) is 5. The van der Waals surface area contributed by atoms with Gasteiger partial charge in [-0.25, -0.2) is 0 Å². The number of hydrogen-bond donors (Lipinski definition) is 0. The smallest absolute Gasteiger partial charge is 0.243 e. The molecular weight excluding hydrogens is 316 g/mol. The van der Waals surface area contributed by atoms with E-state index in [4.69, 9.17) is 4.52 Å². The summed E-state index contributed by atoms with van der Waals surface area (Å²) in [7, 11) is 0. The quantitative estimate of drug-likeness (QED) is 0.820. The lowest BCUT2D eigenvalue weighted by Gasteiger charge is -2.25. The van der Waals surface area contributed by atoms with Crippen LogP contribution in [0.15, 0.2) is 4.52 Å². The lowest BCUT2D eigenvalue weighted by molar-refractivity contribution is -0.132. The highest BCUT2D eigenvalue weighted by Gasteiger charge is 2.31. The average Bonchev–Trinajstić information content (AvgIpc) is 3.22. The van der Waals surface area contributed by atoms with E-state index in [9.17, 15) is 4.79 Å². The van der Waals surface area contributed by atoms with Crippen LogP contribution in [0.1, 0.15) is 82.0 Å². The third-order valence-corrected chi connectivity index (χ3v) is 6.13. The highest BCUT2D eigenvalue weighted by atomic mass is 16.5. The summed E-state index contributed by atoms with van der Waals surface area (Å²) in [4.78, 5) is 21.7. The molecule has 1 atom stereocenters. The third kappa shape index (κ3) is 4.05. The van der Waals surface area contributed by atoms with Crippen molar-refractivity contribution < 1.29 is 9.32 Å². The van der Waals surface area contributed by atoms with Crippen molar-refractivity contribution in [1.29, 1.82) is 0 Å². The molecule has 0 radical (unpaired) electrons. The second-order valence-corrected chi connectivity index (χ2v) is 8.07. The van der Waals surface area contributed by atoms with Crippen molar-refractivity contribution in [3.8, 4) is 0 Å². The van der Waals surface area contributed by atoms with Crippen LogP contribution in [-0.4, -0.2) is 52.0 Å². The van der Waals surface area contributed by atoms with Crippen LogP contribution in [-0.2, 0) is 4.79 Å². The molecule has 25 heavy (non-hydrogen) atoms. The van der Waals surface area contributed by atoms with E-state index in [0.717, 1.165) is 50.7 Å². The molecule has 2 saturated carbocycles. The molecule has 2 aliphatic carbocycles. The van der Waals surface area contributed by atoms with Crippen LogP contribution in [0.3, 0.4) is 0 Å². The number of aromatic nitrogens is 2. The van der Waals surface area contributed by atoms with Crippen LogP contribution in [0.25, 0.3) is 0 Å². The summed E-state index contributed by atoms with van der Waals surface area (Å²) >= 11 is 0. The van der Waals surface area contributed by atoms with Gasteiger partial charge < -0.3 is 9.42 Å². The first-order valence-corrected chi connectivity index (χ1v) is 10.1. The second-order valence-electron chi connectivity index (χ2n) is 8.07. The number of nitrogens with zero attached hydrogens (tertiary/aromatic N) is 4. The summed E-state index contributed by atoms with van der Waals surface area (Å²) in [6.45, 7) is 5.71. The van der Waals surface area contributed by atoms with Gasteiger partial charge in [-0.1, -0.05) is 18.0 Å². The number of rotatable bonds is 5. The Balaban J connectivity index is 1.31. The summed E-state index contributed by atoms with van der Waals surface area (Å²) in [6.07, 6.45) is 9.23. The molecule has 0 spiro atoms. The van der Waals surface area contributed by atoms with Gasteiger partial charge in [-0.15, -0.1) is 0 Å². The monoisotopic (exact) mass is 346 g/mol. The average molecular weight is 346 g/mol. The number of carbonyl (C=O) groups excluding carboxylic acids is 1. The van der Waals surface area contributed by atoms with Crippen LogP contribution in [0.2, 0.25) is 0 Å². The van der Waals surface area contributed by atoms with E-state index in [1.165, 1.54) is 38.5 Å². The van der Waals surface area contributed by atoms with E-state index in [-0.39, 0.29) is 6.04 Å². The van der Waals surface area contributed by atoms with Gasteiger partial charge in [-0.2, -0.15) is 4.98 Å². The first-order valence-electron chi connectivity index (χ1n) is 10.1. The minimum atomic E-state index is 0.130. The molecule has 3 aliphatic rings. The Morgan fingerprint density at radius 1 is 1.12 bits per heavy atom. The van der Waals surface area contributed by atoms with Gasteiger partial charge in [0.05, 0.1) is 6.04 Å². The fraction of sp³-hybridized carbons (Fsp3) is 0.842. The van der Waals surface area contributed by atoms with E-state index in [1.807, 2.05) is 0 Å². The largest absolute Gasteiger partial charge is 0.341 e. The summed E-state index contributed by atoms with van der Waals surface area (Å²) in [5, 5.41) is 4.14. The Morgan fingerprint density at radius 2 is 1.92 bits per heavy atom. The predicted molar refractivity (Wildman–Crippen MR) is 94.0 cm³/mol. The fourth-order valence-corrected chi connectivity index (χ4v) is 4.25. The summed E-state index contributed by atoms with van der Waals surface area (Å²) < 4.78 is 5.50. The molecule has 0 bridgehead atoms. The van der Waals surface area contributed by atoms with Gasteiger partial charge in [0.2, 0.25) is 11.8 Å². The van der Waals surface area contributed by atoms with Crippen LogP contribution < -0.4 is 0 Å². The molecular formula is C19H30N4O2. The zero-order valence-corrected chi connectivity index (χ0v) is 15.3. The maximum atomic E-state index is 12.6. The Hall–Kier alpha value is -1.43. The zero-order valence-electron chi connectivity index (χ0n) is 15.3. The van der Waals surface area contributed by atoms with Gasteiger partial charge in [-0.3, -0.25) is 9.69 Å². The Kier molecular flexibility index (Phi) is 5.06. The minimum Gasteiger partial charge on any atom is -0.341 e. The Bertz CT molecular complexity index is 592. The lowest BCUT2D eigenvalue weighted by Crippen LogP contribution is -2.36. The van der Waals surface area contributed by atoms with Gasteiger partial charge in [0.25, 0.3) is 0 Å². The number of carbonyl (C=O) groups is 1. The molecule has 1 saturated heterocycles. The van der Waals surface area contributed by atoms with E-state index in [1.54, 1.807) is 0 Å². The topological polar surface area (TPSA) is 62.5 Å². The minimum absolute atomic E-state index is 0.130. The Labute approximate surface area is 149 Å². The molecule has 2 heterocycles. The summed E-state index contributed by atoms with van der Waals surface area (Å²) in [5.41, 5.74) is 0. The first-order chi connectivity index (χ1) is 12.2. The molecule has 1 amide bonds. The van der Waals surface area contributed by atoms with Crippen LogP contribution in [0.5, 0.6) is 0 Å². The van der Waals surface area contributed by atoms with Crippen molar-refractivity contribution in [2.45, 2.75) is 70.3 Å². The summed E-state index contributed by atoms with van der Waals surface area (Å²) in [6, 6.07) is 0.130. The van der Waals surface area contributed by atoms with Crippen LogP contribution in [0, 0.1) is 5.92 Å². The molecule has 6 heteroatoms. The van der Waals surface area contributed by atoms with Gasteiger partial charge in [0.15, 0.2) is 5.82 Å². The maximum Gasteiger partial charge on any atom is 0.243 e. The highest BCUT2D eigenvalue weighted by molar-refractivity contribution is 5.76. The molecule has 1 aromatic rings. The van der Waals surface area contributed by atoms with E-state index >= 15 is 0 Å². The van der Waals surface area contributed by atoms with Crippen molar-refractivity contribution in [2.24, 2.45) is 5.92 Å². The normalized spacial score (nSPS) is 24.4. The molecule has 3 fully saturated rings. The van der Waals surface area contributed by atoms with Gasteiger partial charge in [0, 0.05) is 38.5 Å². The molecule has 0 N–H and O–H groups in total. The van der Waals surface area contributed by atoms with E-state index < -0.39 is 0 Å². The standard InChI is InChI=1S/C19H30N4O2/c1-14(19-20-18(21-25-19)16-7-8-16)22-9-4-10-23(12-11-22)17(24)13-15-5-2-3-6-15/h14-16H,2-13H2,1H3. The molecule has 1 aliphatic heterocycles. The Morgan fingerprint density at radius 3 is 2.68 bits per heavy atom. The van der Waals surface area contributed by atoms with Crippen molar-refractivity contribution >= 4 is 5.91 Å². The van der Waals surface area contributed by atoms with Crippen molar-refractivity contribution in [3.63, 3.8) is 0 Å². The second kappa shape index (κ2) is 7.44. The van der Waals surface area contributed by atoms with Gasteiger partial charge in [0.1, 0.15) is 0 Å². The lowest BCUT2D eigenvalue weighted by atomic mass is 10.0. The zero-order chi connectivity index (χ0) is 17.2. The SMILES string of the molecule is CC(c1nc(C2CC2)no1)N1CCCN(C(=O)CC2CCCC2)CC1. The molecule has 4 rings (SSSR count). The molecule has 138 valence electrons. The highest BCUT2D eigenvalue weighted by Crippen LogP contribution is 2.38. The summed E-state index contributed by atoms with van der Waals surface area (Å²) in [5.74, 6) is 3.12. The van der Waals surface area contributed by atoms with Crippen LogP contribution >= 0.6 is 0 Å². The molecule has 1 aromatic heterocycles. The van der Waals surface area contributed by atoms with E-state index in [2.05, 4.69) is 26.9 Å².